The van der Waals surface area contributed by atoms with Crippen molar-refractivity contribution in [3.05, 3.63) is 53.1 Å². The highest BCUT2D eigenvalue weighted by atomic mass is 32.2. The summed E-state index contributed by atoms with van der Waals surface area (Å²) in [5.41, 5.74) is 1.02. The van der Waals surface area contributed by atoms with E-state index in [0.29, 0.717) is 43.7 Å². The van der Waals surface area contributed by atoms with Crippen molar-refractivity contribution in [1.29, 1.82) is 0 Å². The topological polar surface area (TPSA) is 111 Å². The molecule has 1 aliphatic heterocycles. The Morgan fingerprint density at radius 3 is 2.46 bits per heavy atom. The summed E-state index contributed by atoms with van der Waals surface area (Å²) in [7, 11) is -3.57. The number of rotatable bonds is 12. The average Bonchev–Trinajstić information content (AvgIpc) is 3.31. The molecule has 0 spiro atoms. The van der Waals surface area contributed by atoms with Gasteiger partial charge in [-0.15, -0.1) is 13.2 Å². The first-order chi connectivity index (χ1) is 19.0. The minimum absolute atomic E-state index is 0.0342. The van der Waals surface area contributed by atoms with Crippen molar-refractivity contribution in [2.24, 2.45) is 0 Å². The summed E-state index contributed by atoms with van der Waals surface area (Å²) in [6.45, 7) is 6.03. The number of nitrogens with zero attached hydrogens (tertiary/aromatic N) is 1. The predicted molar refractivity (Wildman–Crippen MR) is 147 cm³/mol. The molecule has 0 aromatic heterocycles. The Hall–Kier alpha value is -3.48. The minimum Gasteiger partial charge on any atom is -0.491 e. The molecule has 3 rings (SSSR count). The number of carbonyl (C=O) groups excluding carboxylic acids is 2. The van der Waals surface area contributed by atoms with E-state index in [1.807, 2.05) is 20.8 Å². The maximum Gasteiger partial charge on any atom is 0.573 e. The van der Waals surface area contributed by atoms with Crippen LogP contribution >= 0.6 is 0 Å². The van der Waals surface area contributed by atoms with E-state index in [-0.39, 0.29) is 42.2 Å². The summed E-state index contributed by atoms with van der Waals surface area (Å²) in [4.78, 5) is 27.3. The molecule has 41 heavy (non-hydrogen) atoms. The molecule has 0 saturated carbocycles. The third-order valence-corrected chi connectivity index (χ3v) is 6.85. The standard InChI is InChI=1S/C28H35F3N2O7S/c1-27(2,3)33(26(35)39-16-12-19-9-5-6-11-24(19)40-28(29,30)31)14-8-7-10-23(34)21-17-20-13-15-38-25(20)22(18-21)32-41(4,36)37/h5-6,9,11,17-18,32H,7-8,10,12-16H2,1-4H3. The Kier molecular flexibility index (Phi) is 10.2. The van der Waals surface area contributed by atoms with Gasteiger partial charge in [-0.25, -0.2) is 13.2 Å². The molecule has 2 aromatic carbocycles. The molecule has 0 saturated heterocycles. The summed E-state index contributed by atoms with van der Waals surface area (Å²) < 4.78 is 78.9. The van der Waals surface area contributed by atoms with Crippen LogP contribution in [0.15, 0.2) is 36.4 Å². The maximum absolute atomic E-state index is 12.9. The summed E-state index contributed by atoms with van der Waals surface area (Å²) in [5.74, 6) is -0.0768. The fourth-order valence-corrected chi connectivity index (χ4v) is 4.96. The summed E-state index contributed by atoms with van der Waals surface area (Å²) in [6, 6.07) is 8.86. The molecule has 226 valence electrons. The molecule has 0 atom stereocenters. The van der Waals surface area contributed by atoms with Crippen molar-refractivity contribution in [3.63, 3.8) is 0 Å². The van der Waals surface area contributed by atoms with Gasteiger partial charge in [0, 0.05) is 42.5 Å². The number of benzene rings is 2. The van der Waals surface area contributed by atoms with E-state index in [4.69, 9.17) is 9.47 Å². The number of hydrogen-bond acceptors (Lipinski definition) is 7. The Bertz CT molecular complexity index is 1360. The fourth-order valence-electron chi connectivity index (χ4n) is 4.41. The Morgan fingerprint density at radius 1 is 1.10 bits per heavy atom. The summed E-state index contributed by atoms with van der Waals surface area (Å²) in [5, 5.41) is 0. The molecule has 0 fully saturated rings. The van der Waals surface area contributed by atoms with E-state index in [2.05, 4.69) is 9.46 Å². The Labute approximate surface area is 238 Å². The van der Waals surface area contributed by atoms with E-state index >= 15 is 0 Å². The van der Waals surface area contributed by atoms with Crippen LogP contribution in [0.1, 0.15) is 61.5 Å². The zero-order valence-electron chi connectivity index (χ0n) is 23.5. The molecule has 2 aromatic rings. The van der Waals surface area contributed by atoms with Gasteiger partial charge in [0.05, 0.1) is 25.2 Å². The number of alkyl halides is 3. The number of halogens is 3. The van der Waals surface area contributed by atoms with Crippen molar-refractivity contribution in [1.82, 2.24) is 4.90 Å². The van der Waals surface area contributed by atoms with E-state index in [0.717, 1.165) is 11.8 Å². The number of anilines is 1. The maximum atomic E-state index is 12.9. The fraction of sp³-hybridized carbons (Fsp3) is 0.500. The number of Topliss-reactive ketones (excluding diaryl/α,β-unsaturated/α-hetero) is 1. The van der Waals surface area contributed by atoms with Crippen LogP contribution < -0.4 is 14.2 Å². The molecule has 9 nitrogen and oxygen atoms in total. The van der Waals surface area contributed by atoms with Gasteiger partial charge in [-0.05, 0) is 57.4 Å². The number of ether oxygens (including phenoxy) is 3. The van der Waals surface area contributed by atoms with Gasteiger partial charge in [-0.3, -0.25) is 9.52 Å². The quantitative estimate of drug-likeness (QED) is 0.245. The highest BCUT2D eigenvalue weighted by Crippen LogP contribution is 2.36. The van der Waals surface area contributed by atoms with Crippen LogP contribution in [0.25, 0.3) is 0 Å². The second-order valence-electron chi connectivity index (χ2n) is 10.7. The van der Waals surface area contributed by atoms with Gasteiger partial charge in [0.1, 0.15) is 11.5 Å². The van der Waals surface area contributed by atoms with Crippen LogP contribution in [0.3, 0.4) is 0 Å². The largest absolute Gasteiger partial charge is 0.573 e. The van der Waals surface area contributed by atoms with Crippen molar-refractivity contribution < 1.29 is 45.4 Å². The lowest BCUT2D eigenvalue weighted by atomic mass is 10.0. The van der Waals surface area contributed by atoms with E-state index < -0.39 is 28.0 Å². The van der Waals surface area contributed by atoms with Gasteiger partial charge >= 0.3 is 12.5 Å². The molecule has 0 unspecified atom stereocenters. The third kappa shape index (κ3) is 9.83. The molecular formula is C28H35F3N2O7S. The second-order valence-corrected chi connectivity index (χ2v) is 12.5. The molecular weight excluding hydrogens is 565 g/mol. The van der Waals surface area contributed by atoms with Crippen LogP contribution in [0.4, 0.5) is 23.7 Å². The molecule has 1 heterocycles. The monoisotopic (exact) mass is 600 g/mol. The molecule has 0 bridgehead atoms. The number of nitrogens with one attached hydrogen (secondary N) is 1. The van der Waals surface area contributed by atoms with Crippen LogP contribution in [-0.2, 0) is 27.6 Å². The molecule has 1 amide bonds. The van der Waals surface area contributed by atoms with Gasteiger partial charge in [0.15, 0.2) is 5.78 Å². The van der Waals surface area contributed by atoms with E-state index in [9.17, 15) is 31.2 Å². The van der Waals surface area contributed by atoms with Crippen LogP contribution in [-0.4, -0.2) is 63.1 Å². The van der Waals surface area contributed by atoms with Crippen molar-refractivity contribution in [3.8, 4) is 11.5 Å². The van der Waals surface area contributed by atoms with Crippen molar-refractivity contribution in [2.75, 3.05) is 30.7 Å². The van der Waals surface area contributed by atoms with Gasteiger partial charge < -0.3 is 19.1 Å². The smallest absolute Gasteiger partial charge is 0.491 e. The second kappa shape index (κ2) is 13.0. The summed E-state index contributed by atoms with van der Waals surface area (Å²) >= 11 is 0. The zero-order valence-corrected chi connectivity index (χ0v) is 24.3. The van der Waals surface area contributed by atoms with Crippen molar-refractivity contribution in [2.45, 2.75) is 64.8 Å². The lowest BCUT2D eigenvalue weighted by molar-refractivity contribution is -0.274. The molecule has 1 aliphatic rings. The highest BCUT2D eigenvalue weighted by Gasteiger charge is 2.32. The first-order valence-corrected chi connectivity index (χ1v) is 15.0. The van der Waals surface area contributed by atoms with Crippen LogP contribution in [0.2, 0.25) is 0 Å². The number of carbonyl (C=O) groups is 2. The number of unbranched alkanes of at least 4 members (excludes halogenated alkanes) is 1. The van der Waals surface area contributed by atoms with Gasteiger partial charge in [0.25, 0.3) is 0 Å². The van der Waals surface area contributed by atoms with E-state index in [1.165, 1.54) is 29.2 Å². The number of amides is 1. The van der Waals surface area contributed by atoms with E-state index in [1.54, 1.807) is 12.1 Å². The number of sulfonamides is 1. The number of fused-ring (bicyclic) bond motifs is 1. The first-order valence-electron chi connectivity index (χ1n) is 13.1. The van der Waals surface area contributed by atoms with Gasteiger partial charge in [-0.1, -0.05) is 18.2 Å². The van der Waals surface area contributed by atoms with Crippen LogP contribution in [0, 0.1) is 0 Å². The SMILES string of the molecule is CC(C)(C)N(CCCCC(=O)c1cc2c(c(NS(C)(=O)=O)c1)OCC2)C(=O)OCCc1ccccc1OC(F)(F)F. The van der Waals surface area contributed by atoms with Crippen molar-refractivity contribution >= 4 is 27.6 Å². The Balaban J connectivity index is 1.54. The first kappa shape index (κ1) is 32.0. The molecule has 0 radical (unpaired) electrons. The third-order valence-electron chi connectivity index (χ3n) is 6.26. The minimum atomic E-state index is -4.83. The Morgan fingerprint density at radius 2 is 1.80 bits per heavy atom. The lowest BCUT2D eigenvalue weighted by Crippen LogP contribution is -2.46. The summed E-state index contributed by atoms with van der Waals surface area (Å²) in [6.07, 6.45) is -2.69. The predicted octanol–water partition coefficient (Wildman–Crippen LogP) is 5.72. The number of ketones is 1. The average molecular weight is 601 g/mol. The number of hydrogen-bond donors (Lipinski definition) is 1. The highest BCUT2D eigenvalue weighted by molar-refractivity contribution is 7.92. The molecule has 0 aliphatic carbocycles. The molecule has 1 N–H and O–H groups in total. The normalized spacial score (nSPS) is 13.2. The zero-order chi connectivity index (χ0) is 30.4. The van der Waals surface area contributed by atoms with Gasteiger partial charge in [-0.2, -0.15) is 0 Å². The molecule has 13 heteroatoms. The van der Waals surface area contributed by atoms with Gasteiger partial charge in [0.2, 0.25) is 10.0 Å². The lowest BCUT2D eigenvalue weighted by Gasteiger charge is -2.34. The number of para-hydroxylation sites is 1. The van der Waals surface area contributed by atoms with Crippen LogP contribution in [0.5, 0.6) is 11.5 Å².